The summed E-state index contributed by atoms with van der Waals surface area (Å²) in [5, 5.41) is 1.02. The second kappa shape index (κ2) is 8.85. The molecule has 6 heteroatoms. The molecule has 1 aromatic carbocycles. The van der Waals surface area contributed by atoms with Gasteiger partial charge in [-0.25, -0.2) is 4.98 Å². The molecule has 0 spiro atoms. The molecule has 0 N–H and O–H groups in total. The van der Waals surface area contributed by atoms with Gasteiger partial charge in [0.2, 0.25) is 0 Å². The van der Waals surface area contributed by atoms with Crippen LogP contribution in [0, 0.1) is 5.41 Å². The van der Waals surface area contributed by atoms with Crippen LogP contribution in [-0.2, 0) is 22.5 Å². The minimum absolute atomic E-state index is 0.0585. The molecule has 1 aliphatic rings. The first-order chi connectivity index (χ1) is 13.0. The minimum atomic E-state index is -0.468. The summed E-state index contributed by atoms with van der Waals surface area (Å²) in [6.45, 7) is 4.88. The van der Waals surface area contributed by atoms with E-state index in [0.29, 0.717) is 6.61 Å². The van der Waals surface area contributed by atoms with E-state index in [4.69, 9.17) is 4.74 Å². The summed E-state index contributed by atoms with van der Waals surface area (Å²) in [4.78, 5) is 23.1. The van der Waals surface area contributed by atoms with Gasteiger partial charge in [-0.1, -0.05) is 30.3 Å². The largest absolute Gasteiger partial charge is 0.466 e. The third-order valence-corrected chi connectivity index (χ3v) is 6.20. The van der Waals surface area contributed by atoms with E-state index in [1.807, 2.05) is 50.3 Å². The first-order valence-corrected chi connectivity index (χ1v) is 10.4. The minimum Gasteiger partial charge on any atom is -0.466 e. The number of aromatic nitrogens is 1. The van der Waals surface area contributed by atoms with Gasteiger partial charge in [0.15, 0.2) is 5.13 Å². The number of benzene rings is 1. The lowest BCUT2D eigenvalue weighted by atomic mass is 9.75. The number of hydrogen-bond acceptors (Lipinski definition) is 6. The Morgan fingerprint density at radius 3 is 2.78 bits per heavy atom. The number of esters is 1. The predicted molar refractivity (Wildman–Crippen MR) is 110 cm³/mol. The molecule has 1 saturated heterocycles. The number of hydrogen-bond donors (Lipinski definition) is 0. The number of carbonyl (C=O) groups excluding carboxylic acids is 1. The Kier molecular flexibility index (Phi) is 6.50. The van der Waals surface area contributed by atoms with Crippen LogP contribution in [0.2, 0.25) is 0 Å². The fraction of sp³-hybridized carbons (Fsp3) is 0.524. The van der Waals surface area contributed by atoms with E-state index in [1.54, 1.807) is 11.3 Å². The summed E-state index contributed by atoms with van der Waals surface area (Å²) >= 11 is 1.71. The van der Waals surface area contributed by atoms with Gasteiger partial charge in [0.05, 0.1) is 12.0 Å². The van der Waals surface area contributed by atoms with E-state index in [9.17, 15) is 4.79 Å². The zero-order valence-electron chi connectivity index (χ0n) is 16.5. The van der Waals surface area contributed by atoms with E-state index in [-0.39, 0.29) is 5.97 Å². The molecule has 0 saturated carbocycles. The summed E-state index contributed by atoms with van der Waals surface area (Å²) in [6, 6.07) is 10.3. The highest BCUT2D eigenvalue weighted by Gasteiger charge is 2.43. The maximum Gasteiger partial charge on any atom is 0.313 e. The van der Waals surface area contributed by atoms with E-state index in [0.717, 1.165) is 44.0 Å². The predicted octanol–water partition coefficient (Wildman–Crippen LogP) is 3.60. The van der Waals surface area contributed by atoms with Gasteiger partial charge in [-0.3, -0.25) is 9.69 Å². The SMILES string of the molecule is CCOC(=O)C1(Cc2ccccc2)CCCN(Cc2cnc(N(C)C)s2)C1. The maximum atomic E-state index is 13.0. The molecule has 1 aromatic heterocycles. The Labute approximate surface area is 166 Å². The molecule has 5 nitrogen and oxygen atoms in total. The molecule has 2 aromatic rings. The van der Waals surface area contributed by atoms with E-state index in [1.165, 1.54) is 10.4 Å². The van der Waals surface area contributed by atoms with Crippen LogP contribution < -0.4 is 4.90 Å². The van der Waals surface area contributed by atoms with Gasteiger partial charge in [-0.15, -0.1) is 11.3 Å². The molecule has 146 valence electrons. The van der Waals surface area contributed by atoms with Crippen LogP contribution in [-0.4, -0.2) is 49.6 Å². The quantitative estimate of drug-likeness (QED) is 0.680. The van der Waals surface area contributed by atoms with Crippen molar-refractivity contribution in [3.63, 3.8) is 0 Å². The first kappa shape index (κ1) is 19.8. The van der Waals surface area contributed by atoms with Crippen LogP contribution in [0.5, 0.6) is 0 Å². The van der Waals surface area contributed by atoms with Gasteiger partial charge in [0.1, 0.15) is 0 Å². The zero-order valence-corrected chi connectivity index (χ0v) is 17.3. The molecule has 0 bridgehead atoms. The van der Waals surface area contributed by atoms with Crippen LogP contribution in [0.25, 0.3) is 0 Å². The molecule has 1 fully saturated rings. The smallest absolute Gasteiger partial charge is 0.313 e. The molecule has 0 radical (unpaired) electrons. The van der Waals surface area contributed by atoms with Crippen molar-refractivity contribution in [3.05, 3.63) is 47.0 Å². The average Bonchev–Trinajstić information content (AvgIpc) is 3.12. The van der Waals surface area contributed by atoms with Gasteiger partial charge < -0.3 is 9.64 Å². The summed E-state index contributed by atoms with van der Waals surface area (Å²) in [7, 11) is 4.02. The molecule has 0 aliphatic carbocycles. The lowest BCUT2D eigenvalue weighted by Gasteiger charge is -2.41. The molecular weight excluding hydrogens is 358 g/mol. The van der Waals surface area contributed by atoms with Crippen molar-refractivity contribution in [1.29, 1.82) is 0 Å². The summed E-state index contributed by atoms with van der Waals surface area (Å²) in [6.07, 6.45) is 4.57. The number of rotatable bonds is 7. The average molecular weight is 388 g/mol. The topological polar surface area (TPSA) is 45.7 Å². The lowest BCUT2D eigenvalue weighted by molar-refractivity contribution is -0.159. The van der Waals surface area contributed by atoms with Crippen LogP contribution in [0.1, 0.15) is 30.2 Å². The highest BCUT2D eigenvalue weighted by molar-refractivity contribution is 7.15. The lowest BCUT2D eigenvalue weighted by Crippen LogP contribution is -2.49. The van der Waals surface area contributed by atoms with E-state index in [2.05, 4.69) is 22.0 Å². The Morgan fingerprint density at radius 1 is 1.33 bits per heavy atom. The van der Waals surface area contributed by atoms with Crippen LogP contribution >= 0.6 is 11.3 Å². The second-order valence-corrected chi connectivity index (χ2v) is 8.57. The van der Waals surface area contributed by atoms with Crippen molar-refractivity contribution in [2.45, 2.75) is 32.7 Å². The van der Waals surface area contributed by atoms with E-state index < -0.39 is 5.41 Å². The van der Waals surface area contributed by atoms with Crippen LogP contribution in [0.3, 0.4) is 0 Å². The van der Waals surface area contributed by atoms with Crippen LogP contribution in [0.4, 0.5) is 5.13 Å². The molecule has 3 rings (SSSR count). The fourth-order valence-corrected chi connectivity index (χ4v) is 4.69. The van der Waals surface area contributed by atoms with Crippen molar-refractivity contribution >= 4 is 22.4 Å². The Hall–Kier alpha value is -1.92. The summed E-state index contributed by atoms with van der Waals surface area (Å²) in [5.74, 6) is -0.0585. The van der Waals surface area contributed by atoms with Gasteiger partial charge in [0.25, 0.3) is 0 Å². The van der Waals surface area contributed by atoms with Gasteiger partial charge in [-0.05, 0) is 38.3 Å². The maximum absolute atomic E-state index is 13.0. The van der Waals surface area contributed by atoms with Gasteiger partial charge >= 0.3 is 5.97 Å². The second-order valence-electron chi connectivity index (χ2n) is 7.48. The number of anilines is 1. The van der Waals surface area contributed by atoms with Gasteiger partial charge in [0, 0.05) is 38.3 Å². The zero-order chi connectivity index (χ0) is 19.3. The number of carbonyl (C=O) groups is 1. The molecule has 1 unspecified atom stereocenters. The van der Waals surface area contributed by atoms with Crippen LogP contribution in [0.15, 0.2) is 36.5 Å². The third-order valence-electron chi connectivity index (χ3n) is 5.05. The Morgan fingerprint density at radius 2 is 2.11 bits per heavy atom. The monoisotopic (exact) mass is 387 g/mol. The number of thiazole rings is 1. The number of nitrogens with zero attached hydrogens (tertiary/aromatic N) is 3. The Bertz CT molecular complexity index is 747. The molecular formula is C21H29N3O2S. The first-order valence-electron chi connectivity index (χ1n) is 9.58. The van der Waals surface area contributed by atoms with Crippen molar-refractivity contribution < 1.29 is 9.53 Å². The summed E-state index contributed by atoms with van der Waals surface area (Å²) in [5.41, 5.74) is 0.727. The highest BCUT2D eigenvalue weighted by atomic mass is 32.1. The molecule has 2 heterocycles. The number of ether oxygens (including phenoxy) is 1. The Balaban J connectivity index is 1.77. The van der Waals surface area contributed by atoms with Crippen molar-refractivity contribution in [1.82, 2.24) is 9.88 Å². The fourth-order valence-electron chi connectivity index (χ4n) is 3.81. The van der Waals surface area contributed by atoms with Crippen molar-refractivity contribution in [3.8, 4) is 0 Å². The molecule has 1 atom stereocenters. The molecule has 27 heavy (non-hydrogen) atoms. The number of likely N-dealkylation sites (tertiary alicyclic amines) is 1. The van der Waals surface area contributed by atoms with E-state index >= 15 is 0 Å². The normalized spacial score (nSPS) is 20.4. The summed E-state index contributed by atoms with van der Waals surface area (Å²) < 4.78 is 5.51. The third kappa shape index (κ3) is 4.87. The standard InChI is InChI=1S/C21H29N3O2S/c1-4-26-19(25)21(13-17-9-6-5-7-10-17)11-8-12-24(16-21)15-18-14-22-20(27-18)23(2)3/h5-7,9-10,14H,4,8,11-13,15-16H2,1-3H3. The molecule has 0 amide bonds. The van der Waals surface area contributed by atoms with Crippen molar-refractivity contribution in [2.24, 2.45) is 5.41 Å². The number of piperidine rings is 1. The van der Waals surface area contributed by atoms with Gasteiger partial charge in [-0.2, -0.15) is 0 Å². The highest BCUT2D eigenvalue weighted by Crippen LogP contribution is 2.36. The van der Waals surface area contributed by atoms with Crippen molar-refractivity contribution in [2.75, 3.05) is 38.7 Å². The molecule has 1 aliphatic heterocycles.